The molecule has 0 amide bonds. The molecule has 0 aromatic carbocycles. The lowest BCUT2D eigenvalue weighted by atomic mass is 10.1. The van der Waals surface area contributed by atoms with Crippen LogP contribution in [0.4, 0.5) is 0 Å². The van der Waals surface area contributed by atoms with Crippen LogP contribution >= 0.6 is 0 Å². The molecule has 1 unspecified atom stereocenters. The maximum Gasteiger partial charge on any atom is 0.0591 e. The van der Waals surface area contributed by atoms with Crippen LogP contribution < -0.4 is 5.32 Å². The smallest absolute Gasteiger partial charge is 0.0591 e. The summed E-state index contributed by atoms with van der Waals surface area (Å²) in [6.45, 7) is 8.11. The Morgan fingerprint density at radius 2 is 2.44 bits per heavy atom. The molecule has 1 aromatic rings. The second kappa shape index (κ2) is 8.02. The van der Waals surface area contributed by atoms with E-state index in [4.69, 9.17) is 4.74 Å². The van der Waals surface area contributed by atoms with E-state index in [1.54, 1.807) is 6.20 Å². The molecule has 88 valence electrons. The van der Waals surface area contributed by atoms with E-state index in [2.05, 4.69) is 29.9 Å². The van der Waals surface area contributed by atoms with Gasteiger partial charge in [-0.05, 0) is 25.0 Å². The number of aromatic nitrogens is 1. The molecular formula is C13H20N2O. The molecule has 0 aliphatic carbocycles. The van der Waals surface area contributed by atoms with Crippen molar-refractivity contribution in [2.45, 2.75) is 19.4 Å². The van der Waals surface area contributed by atoms with Crippen molar-refractivity contribution < 1.29 is 4.74 Å². The quantitative estimate of drug-likeness (QED) is 0.539. The van der Waals surface area contributed by atoms with Gasteiger partial charge in [0.2, 0.25) is 0 Å². The predicted octanol–water partition coefficient (Wildman–Crippen LogP) is 2.32. The number of rotatable bonds is 8. The van der Waals surface area contributed by atoms with Gasteiger partial charge >= 0.3 is 0 Å². The van der Waals surface area contributed by atoms with Gasteiger partial charge in [-0.15, -0.1) is 6.58 Å². The highest BCUT2D eigenvalue weighted by atomic mass is 16.5. The van der Waals surface area contributed by atoms with Crippen molar-refractivity contribution >= 4 is 0 Å². The zero-order valence-corrected chi connectivity index (χ0v) is 9.86. The van der Waals surface area contributed by atoms with E-state index in [9.17, 15) is 0 Å². The summed E-state index contributed by atoms with van der Waals surface area (Å²) >= 11 is 0. The van der Waals surface area contributed by atoms with Crippen LogP contribution in [0.15, 0.2) is 37.2 Å². The maximum absolute atomic E-state index is 5.41. The Hall–Kier alpha value is -1.19. The van der Waals surface area contributed by atoms with E-state index in [1.165, 1.54) is 5.56 Å². The number of nitrogens with one attached hydrogen (secondary N) is 1. The number of nitrogens with zero attached hydrogens (tertiary/aromatic N) is 1. The Kier molecular flexibility index (Phi) is 6.45. The summed E-state index contributed by atoms with van der Waals surface area (Å²) in [5.74, 6) is 0. The van der Waals surface area contributed by atoms with Gasteiger partial charge in [-0.25, -0.2) is 0 Å². The van der Waals surface area contributed by atoms with Gasteiger partial charge in [-0.1, -0.05) is 12.1 Å². The lowest BCUT2D eigenvalue weighted by molar-refractivity contribution is 0.138. The fourth-order valence-electron chi connectivity index (χ4n) is 1.37. The molecule has 1 N–H and O–H groups in total. The Morgan fingerprint density at radius 3 is 3.12 bits per heavy atom. The topological polar surface area (TPSA) is 34.1 Å². The third-order valence-electron chi connectivity index (χ3n) is 2.35. The molecule has 1 atom stereocenters. The summed E-state index contributed by atoms with van der Waals surface area (Å²) in [6.07, 6.45) is 6.45. The number of hydrogen-bond acceptors (Lipinski definition) is 3. The molecule has 16 heavy (non-hydrogen) atoms. The molecule has 1 heterocycles. The van der Waals surface area contributed by atoms with E-state index < -0.39 is 0 Å². The predicted molar refractivity (Wildman–Crippen MR) is 66.3 cm³/mol. The SMILES string of the molecule is C=CCCOCCNC(C)c1cccnc1. The van der Waals surface area contributed by atoms with Crippen LogP contribution in [0, 0.1) is 0 Å². The minimum atomic E-state index is 0.316. The van der Waals surface area contributed by atoms with Crippen LogP contribution in [-0.4, -0.2) is 24.7 Å². The van der Waals surface area contributed by atoms with Gasteiger partial charge in [0.05, 0.1) is 13.2 Å². The minimum absolute atomic E-state index is 0.316. The molecule has 0 fully saturated rings. The average Bonchev–Trinajstić information content (AvgIpc) is 2.34. The molecule has 0 bridgehead atoms. The highest BCUT2D eigenvalue weighted by molar-refractivity contribution is 5.12. The van der Waals surface area contributed by atoms with E-state index in [0.29, 0.717) is 6.04 Å². The third kappa shape index (κ3) is 5.05. The zero-order chi connectivity index (χ0) is 11.6. The second-order valence-corrected chi connectivity index (χ2v) is 3.65. The normalized spacial score (nSPS) is 12.3. The van der Waals surface area contributed by atoms with Gasteiger partial charge < -0.3 is 10.1 Å². The van der Waals surface area contributed by atoms with Crippen molar-refractivity contribution in [1.82, 2.24) is 10.3 Å². The van der Waals surface area contributed by atoms with E-state index >= 15 is 0 Å². The first kappa shape index (κ1) is 12.9. The molecule has 0 spiro atoms. The van der Waals surface area contributed by atoms with Crippen molar-refractivity contribution in [2.24, 2.45) is 0 Å². The van der Waals surface area contributed by atoms with Crippen LogP contribution in [0.1, 0.15) is 24.9 Å². The maximum atomic E-state index is 5.41. The summed E-state index contributed by atoms with van der Waals surface area (Å²) < 4.78 is 5.41. The summed E-state index contributed by atoms with van der Waals surface area (Å²) in [4.78, 5) is 4.09. The van der Waals surface area contributed by atoms with Crippen molar-refractivity contribution in [1.29, 1.82) is 0 Å². The molecule has 0 saturated heterocycles. The van der Waals surface area contributed by atoms with Gasteiger partial charge in [0.1, 0.15) is 0 Å². The fourth-order valence-corrected chi connectivity index (χ4v) is 1.37. The van der Waals surface area contributed by atoms with Gasteiger partial charge in [0, 0.05) is 25.0 Å². The first-order chi connectivity index (χ1) is 7.84. The summed E-state index contributed by atoms with van der Waals surface area (Å²) in [5, 5.41) is 3.38. The van der Waals surface area contributed by atoms with Crippen LogP contribution in [0.25, 0.3) is 0 Å². The van der Waals surface area contributed by atoms with Crippen LogP contribution in [-0.2, 0) is 4.74 Å². The number of ether oxygens (including phenoxy) is 1. The Labute approximate surface area is 97.5 Å². The van der Waals surface area contributed by atoms with E-state index in [-0.39, 0.29) is 0 Å². The number of hydrogen-bond donors (Lipinski definition) is 1. The average molecular weight is 220 g/mol. The monoisotopic (exact) mass is 220 g/mol. The molecule has 0 radical (unpaired) electrons. The van der Waals surface area contributed by atoms with Crippen LogP contribution in [0.2, 0.25) is 0 Å². The Balaban J connectivity index is 2.11. The van der Waals surface area contributed by atoms with Gasteiger partial charge in [0.15, 0.2) is 0 Å². The zero-order valence-electron chi connectivity index (χ0n) is 9.86. The molecular weight excluding hydrogens is 200 g/mol. The highest BCUT2D eigenvalue weighted by Gasteiger charge is 2.02. The number of pyridine rings is 1. The first-order valence-corrected chi connectivity index (χ1v) is 5.66. The molecule has 0 saturated carbocycles. The van der Waals surface area contributed by atoms with E-state index in [0.717, 1.165) is 26.2 Å². The standard InChI is InChI=1S/C13H20N2O/c1-3-4-9-16-10-8-15-12(2)13-6-5-7-14-11-13/h3,5-7,11-12,15H,1,4,8-10H2,2H3. The van der Waals surface area contributed by atoms with Gasteiger partial charge in [-0.2, -0.15) is 0 Å². The molecule has 1 aromatic heterocycles. The third-order valence-corrected chi connectivity index (χ3v) is 2.35. The highest BCUT2D eigenvalue weighted by Crippen LogP contribution is 2.08. The molecule has 0 aliphatic rings. The Bertz CT molecular complexity index is 287. The largest absolute Gasteiger partial charge is 0.380 e. The van der Waals surface area contributed by atoms with Gasteiger partial charge in [-0.3, -0.25) is 4.98 Å². The minimum Gasteiger partial charge on any atom is -0.380 e. The molecule has 1 rings (SSSR count). The van der Waals surface area contributed by atoms with Crippen molar-refractivity contribution in [3.8, 4) is 0 Å². The fraction of sp³-hybridized carbons (Fsp3) is 0.462. The summed E-state index contributed by atoms with van der Waals surface area (Å²) in [5.41, 5.74) is 1.20. The Morgan fingerprint density at radius 1 is 1.56 bits per heavy atom. The molecule has 0 aliphatic heterocycles. The van der Waals surface area contributed by atoms with Crippen LogP contribution in [0.3, 0.4) is 0 Å². The van der Waals surface area contributed by atoms with Crippen molar-refractivity contribution in [3.05, 3.63) is 42.7 Å². The molecule has 3 heteroatoms. The second-order valence-electron chi connectivity index (χ2n) is 3.65. The van der Waals surface area contributed by atoms with Crippen molar-refractivity contribution in [2.75, 3.05) is 19.8 Å². The summed E-state index contributed by atoms with van der Waals surface area (Å²) in [6, 6.07) is 4.34. The van der Waals surface area contributed by atoms with Crippen molar-refractivity contribution in [3.63, 3.8) is 0 Å². The van der Waals surface area contributed by atoms with Gasteiger partial charge in [0.25, 0.3) is 0 Å². The summed E-state index contributed by atoms with van der Waals surface area (Å²) in [7, 11) is 0. The molecule has 3 nitrogen and oxygen atoms in total. The first-order valence-electron chi connectivity index (χ1n) is 5.66. The van der Waals surface area contributed by atoms with E-state index in [1.807, 2.05) is 18.3 Å². The van der Waals surface area contributed by atoms with Crippen LogP contribution in [0.5, 0.6) is 0 Å². The lowest BCUT2D eigenvalue weighted by Gasteiger charge is -2.13. The lowest BCUT2D eigenvalue weighted by Crippen LogP contribution is -2.23.